The zero-order chi connectivity index (χ0) is 45.8. The Morgan fingerprint density at radius 3 is 1.69 bits per heavy atom. The number of benzene rings is 7. The highest BCUT2D eigenvalue weighted by Gasteiger charge is 2.19. The third-order valence-electron chi connectivity index (χ3n) is 6.27. The summed E-state index contributed by atoms with van der Waals surface area (Å²) in [6.45, 7) is 0. The first-order valence-electron chi connectivity index (χ1n) is 23.0. The average molecular weight is 520 g/mol. The fourth-order valence-electron chi connectivity index (χ4n) is 4.67. The molecule has 0 aliphatic rings. The molecule has 1 aromatic heterocycles. The molecule has 8 rings (SSSR count). The Balaban J connectivity index is 1.77. The lowest BCUT2D eigenvalue weighted by Gasteiger charge is -2.19. The average Bonchev–Trinajstić information content (AvgIpc) is 3.66. The van der Waals surface area contributed by atoms with Crippen molar-refractivity contribution in [3.8, 4) is 33.4 Å². The van der Waals surface area contributed by atoms with Crippen molar-refractivity contribution >= 4 is 43.5 Å². The van der Waals surface area contributed by atoms with Crippen LogP contribution >= 0.6 is 0 Å². The molecule has 1 heteroatoms. The second-order valence-electron chi connectivity index (χ2n) is 8.34. The Bertz CT molecular complexity index is 3360. The Morgan fingerprint density at radius 1 is 0.385 bits per heavy atom. The van der Waals surface area contributed by atoms with Crippen LogP contribution in [0.4, 0.5) is 0 Å². The molecule has 0 unspecified atom stereocenters. The second-order valence-corrected chi connectivity index (χ2v) is 8.34. The van der Waals surface area contributed by atoms with Crippen LogP contribution in [0.15, 0.2) is 149 Å². The van der Waals surface area contributed by atoms with E-state index in [1.165, 1.54) is 0 Å². The lowest BCUT2D eigenvalue weighted by molar-refractivity contribution is 0.669. The molecule has 1 nitrogen and oxygen atoms in total. The van der Waals surface area contributed by atoms with Gasteiger partial charge in [0, 0.05) is 10.8 Å². The van der Waals surface area contributed by atoms with E-state index in [1.54, 1.807) is 0 Å². The van der Waals surface area contributed by atoms with E-state index in [2.05, 4.69) is 0 Å². The zero-order valence-electron chi connectivity index (χ0n) is 42.5. The molecule has 39 heavy (non-hydrogen) atoms. The van der Waals surface area contributed by atoms with Gasteiger partial charge in [0.2, 0.25) is 0 Å². The first-order chi connectivity index (χ1) is 28.9. The monoisotopic (exact) mass is 519 g/mol. The molecular formula is C38H24O. The second kappa shape index (κ2) is 8.72. The van der Waals surface area contributed by atoms with Gasteiger partial charge in [-0.1, -0.05) is 127 Å². The molecule has 0 N–H and O–H groups in total. The first-order valence-corrected chi connectivity index (χ1v) is 11.5. The predicted octanol–water partition coefficient (Wildman–Crippen LogP) is 10.9. The largest absolute Gasteiger partial charge is 0.456 e. The van der Waals surface area contributed by atoms with Crippen LogP contribution in [0.5, 0.6) is 0 Å². The topological polar surface area (TPSA) is 13.1 Å². The molecule has 0 fully saturated rings. The van der Waals surface area contributed by atoms with Crippen LogP contribution in [0.3, 0.4) is 0 Å². The van der Waals surface area contributed by atoms with Gasteiger partial charge >= 0.3 is 0 Å². The molecule has 0 atom stereocenters. The van der Waals surface area contributed by atoms with Gasteiger partial charge in [-0.15, -0.1) is 0 Å². The lowest BCUT2D eigenvalue weighted by Crippen LogP contribution is -1.92. The summed E-state index contributed by atoms with van der Waals surface area (Å²) in [6.07, 6.45) is 0. The molecular weight excluding hydrogens is 472 g/mol. The minimum absolute atomic E-state index is 0.392. The van der Waals surface area contributed by atoms with Crippen molar-refractivity contribution in [2.24, 2.45) is 0 Å². The fraction of sp³-hybridized carbons (Fsp3) is 0. The van der Waals surface area contributed by atoms with Crippen LogP contribution in [0.1, 0.15) is 31.5 Å². The van der Waals surface area contributed by atoms with Gasteiger partial charge in [-0.2, -0.15) is 0 Å². The van der Waals surface area contributed by atoms with Crippen molar-refractivity contribution in [2.75, 3.05) is 0 Å². The lowest BCUT2D eigenvalue weighted by atomic mass is 9.83. The van der Waals surface area contributed by atoms with Gasteiger partial charge in [0.05, 0.1) is 31.5 Å². The van der Waals surface area contributed by atoms with Crippen LogP contribution in [0, 0.1) is 0 Å². The van der Waals surface area contributed by atoms with E-state index in [0.29, 0.717) is 0 Å². The number of fused-ring (bicyclic) bond motifs is 5. The number of hydrogen-bond acceptors (Lipinski definition) is 1. The highest BCUT2D eigenvalue weighted by atomic mass is 16.3. The van der Waals surface area contributed by atoms with Crippen LogP contribution < -0.4 is 0 Å². The molecule has 0 saturated carbocycles. The molecule has 0 amide bonds. The predicted molar refractivity (Wildman–Crippen MR) is 165 cm³/mol. The zero-order valence-corrected chi connectivity index (χ0v) is 19.5. The number of para-hydroxylation sites is 1. The van der Waals surface area contributed by atoms with Gasteiger partial charge in [-0.05, 0) is 73.1 Å². The molecule has 7 aromatic carbocycles. The normalized spacial score (nSPS) is 19.8. The standard InChI is InChI=1S/C38H24O/c1-2-12-25(13-3-1)27-14-4-5-16-29(27)38-32-19-8-6-17-30(32)37(31-18-7-9-20-33(31)38)26-22-23-36-34(24-26)28-15-10-11-21-35(28)39-36/h1-24H/i1D,2D,3D,4D,5D,6D,7D,8D,9D,10D,11D,12D,14D,15D,16D,17D,18D,19D,20D,21D,22D,23D,24D. The molecule has 8 aromatic rings. The Labute approximate surface area is 258 Å². The summed E-state index contributed by atoms with van der Waals surface area (Å²) >= 11 is 0. The molecule has 0 saturated heterocycles. The van der Waals surface area contributed by atoms with Crippen molar-refractivity contribution in [2.45, 2.75) is 0 Å². The maximum absolute atomic E-state index is 9.58. The van der Waals surface area contributed by atoms with E-state index < -0.39 is 216 Å². The van der Waals surface area contributed by atoms with E-state index in [1.807, 2.05) is 0 Å². The van der Waals surface area contributed by atoms with Crippen molar-refractivity contribution in [3.05, 3.63) is 145 Å². The van der Waals surface area contributed by atoms with Gasteiger partial charge < -0.3 is 4.42 Å². The quantitative estimate of drug-likeness (QED) is 0.212. The maximum Gasteiger partial charge on any atom is 0.135 e. The smallest absolute Gasteiger partial charge is 0.135 e. The van der Waals surface area contributed by atoms with E-state index in [4.69, 9.17) is 26.3 Å². The van der Waals surface area contributed by atoms with Crippen molar-refractivity contribution in [1.82, 2.24) is 0 Å². The molecule has 1 heterocycles. The number of hydrogen-bond donors (Lipinski definition) is 0. The van der Waals surface area contributed by atoms with Gasteiger partial charge in [-0.25, -0.2) is 0 Å². The van der Waals surface area contributed by atoms with Gasteiger partial charge in [0.25, 0.3) is 0 Å². The Morgan fingerprint density at radius 2 is 0.949 bits per heavy atom. The van der Waals surface area contributed by atoms with E-state index in [0.717, 1.165) is 6.07 Å². The molecule has 0 aliphatic heterocycles. The first kappa shape index (κ1) is 8.97. The summed E-state index contributed by atoms with van der Waals surface area (Å²) in [4.78, 5) is 0. The van der Waals surface area contributed by atoms with Crippen molar-refractivity contribution in [3.63, 3.8) is 0 Å². The van der Waals surface area contributed by atoms with Crippen molar-refractivity contribution < 1.29 is 35.9 Å². The minimum atomic E-state index is -0.945. The molecule has 182 valence electrons. The molecule has 0 aliphatic carbocycles. The summed E-state index contributed by atoms with van der Waals surface area (Å²) in [5.41, 5.74) is -4.82. The molecule has 0 radical (unpaired) electrons. The summed E-state index contributed by atoms with van der Waals surface area (Å²) in [7, 11) is 0. The van der Waals surface area contributed by atoms with Crippen LogP contribution in [0.25, 0.3) is 76.9 Å². The maximum atomic E-state index is 9.58. The minimum Gasteiger partial charge on any atom is -0.456 e. The van der Waals surface area contributed by atoms with E-state index in [9.17, 15) is 9.60 Å². The van der Waals surface area contributed by atoms with Crippen LogP contribution in [-0.2, 0) is 0 Å². The van der Waals surface area contributed by atoms with Gasteiger partial charge in [0.1, 0.15) is 11.2 Å². The van der Waals surface area contributed by atoms with E-state index >= 15 is 0 Å². The highest BCUT2D eigenvalue weighted by Crippen LogP contribution is 2.46. The van der Waals surface area contributed by atoms with Crippen LogP contribution in [-0.4, -0.2) is 0 Å². The van der Waals surface area contributed by atoms with Crippen LogP contribution in [0.2, 0.25) is 0 Å². The summed E-state index contributed by atoms with van der Waals surface area (Å²) in [6, 6.07) is -18.6. The van der Waals surface area contributed by atoms with E-state index in [-0.39, 0.29) is 0 Å². The number of rotatable bonds is 3. The summed E-state index contributed by atoms with van der Waals surface area (Å²) < 4.78 is 209. The third-order valence-corrected chi connectivity index (χ3v) is 6.27. The molecule has 0 spiro atoms. The van der Waals surface area contributed by atoms with Gasteiger partial charge in [-0.3, -0.25) is 0 Å². The third kappa shape index (κ3) is 3.41. The Hall–Kier alpha value is -5.14. The summed E-state index contributed by atoms with van der Waals surface area (Å²) in [5.74, 6) is 0. The fourth-order valence-corrected chi connectivity index (χ4v) is 4.67. The SMILES string of the molecule is [2H]c1cc(-c2c([2H])c([2H])c([2H])c([2H])c2-c2c3c([2H])c([2H])c([2H])c([2H])c3c(-c3c([2H])c([2H])c4oc5c([2H])c([2H])c([2H])c([2H])c5c4c3[2H])c3c([2H])c([2H])c([2H])c([2H])c23)c([2H])c([2H])c1[2H]. The summed E-state index contributed by atoms with van der Waals surface area (Å²) in [5, 5.41) is -3.48. The van der Waals surface area contributed by atoms with Gasteiger partial charge in [0.15, 0.2) is 0 Å². The highest BCUT2D eigenvalue weighted by molar-refractivity contribution is 6.23. The number of furan rings is 1. The molecule has 0 bridgehead atoms. The van der Waals surface area contributed by atoms with Crippen molar-refractivity contribution in [1.29, 1.82) is 0 Å². The Kier molecular flexibility index (Phi) is 2.00.